The van der Waals surface area contributed by atoms with Crippen molar-refractivity contribution < 1.29 is 81.5 Å². The Morgan fingerprint density at radius 1 is 0.411 bits per heavy atom. The molecule has 0 unspecified atom stereocenters. The Bertz CT molecular complexity index is 2170. The van der Waals surface area contributed by atoms with Gasteiger partial charge in [-0.1, -0.05) is 332 Å². The van der Waals surface area contributed by atoms with Crippen LogP contribution in [0.5, 0.6) is 0 Å². The molecule has 0 aromatic carbocycles. The zero-order chi connectivity index (χ0) is 79.3. The Hall–Kier alpha value is -3.23. The van der Waals surface area contributed by atoms with Crippen LogP contribution in [-0.4, -0.2) is 142 Å². The SMILES string of the molecule is CCCCCCCCCCC[C@H](CC(=O)NCC[C@]1(NC(=O)C[C@@H](CCCCCCCCCCC)OC(=O)CCCCCCCCC)[C@H](O)O[C@H](CO)[C@@H](OP(=O)(O)O)[C@@H]1OC(=O)C[C@@H](CCCCCCCCCCC)OC(=O)CCCCCCCCC)OC(=O)CCCCCCCCC.CCN(CC)CC. The van der Waals surface area contributed by atoms with Crippen LogP contribution in [0.25, 0.3) is 0 Å². The van der Waals surface area contributed by atoms with E-state index in [9.17, 15) is 48.5 Å². The second kappa shape index (κ2) is 71.8. The van der Waals surface area contributed by atoms with Crippen molar-refractivity contribution in [1.29, 1.82) is 0 Å². The zero-order valence-corrected chi connectivity index (χ0v) is 71.0. The molecule has 20 nitrogen and oxygen atoms in total. The molecule has 1 aliphatic heterocycles. The number of hydrogen-bond donors (Lipinski definition) is 6. The maximum atomic E-state index is 15.1. The van der Waals surface area contributed by atoms with E-state index in [4.69, 9.17) is 28.2 Å². The zero-order valence-electron chi connectivity index (χ0n) is 70.1. The highest BCUT2D eigenvalue weighted by atomic mass is 31.2. The molecule has 1 heterocycles. The lowest BCUT2D eigenvalue weighted by molar-refractivity contribution is -0.285. The van der Waals surface area contributed by atoms with Crippen molar-refractivity contribution in [2.24, 2.45) is 0 Å². The van der Waals surface area contributed by atoms with E-state index in [1.54, 1.807) is 0 Å². The third kappa shape index (κ3) is 58.3. The van der Waals surface area contributed by atoms with Gasteiger partial charge in [0, 0.05) is 25.8 Å². The maximum Gasteiger partial charge on any atom is 0.470 e. The minimum atomic E-state index is -5.59. The number of esters is 4. The summed E-state index contributed by atoms with van der Waals surface area (Å²) < 4.78 is 49.0. The van der Waals surface area contributed by atoms with Gasteiger partial charge in [0.1, 0.15) is 36.1 Å². The number of amides is 2. The molecule has 8 atom stereocenters. The number of ether oxygens (including phenoxy) is 5. The van der Waals surface area contributed by atoms with Crippen molar-refractivity contribution in [3.63, 3.8) is 0 Å². The van der Waals surface area contributed by atoms with Gasteiger partial charge in [-0.25, -0.2) is 4.57 Å². The van der Waals surface area contributed by atoms with Gasteiger partial charge in [0.15, 0.2) is 12.4 Å². The van der Waals surface area contributed by atoms with Gasteiger partial charge in [-0.05, 0) is 83.8 Å². The van der Waals surface area contributed by atoms with Crippen LogP contribution in [0.1, 0.15) is 435 Å². The molecule has 1 rings (SSSR count). The van der Waals surface area contributed by atoms with Gasteiger partial charge in [-0.3, -0.25) is 33.3 Å². The minimum absolute atomic E-state index is 0.136. The second-order valence-electron chi connectivity index (χ2n) is 30.9. The molecule has 0 radical (unpaired) electrons. The molecule has 0 bridgehead atoms. The molecule has 2 amide bonds. The van der Waals surface area contributed by atoms with Crippen LogP contribution in [0.2, 0.25) is 0 Å². The van der Waals surface area contributed by atoms with Gasteiger partial charge in [0.25, 0.3) is 0 Å². The van der Waals surface area contributed by atoms with Gasteiger partial charge in [-0.2, -0.15) is 0 Å². The Labute approximate surface area is 653 Å². The van der Waals surface area contributed by atoms with Crippen LogP contribution >= 0.6 is 7.82 Å². The molecule has 0 saturated carbocycles. The highest BCUT2D eigenvalue weighted by Crippen LogP contribution is 2.45. The van der Waals surface area contributed by atoms with Gasteiger partial charge in [0.2, 0.25) is 11.8 Å². The highest BCUT2D eigenvalue weighted by molar-refractivity contribution is 7.46. The van der Waals surface area contributed by atoms with Gasteiger partial charge in [0.05, 0.1) is 25.9 Å². The average Bonchev–Trinajstić information content (AvgIpc) is 0.746. The Kier molecular flexibility index (Phi) is 69.6. The smallest absolute Gasteiger partial charge is 0.462 e. The lowest BCUT2D eigenvalue weighted by Crippen LogP contribution is -2.75. The first kappa shape index (κ1) is 104. The van der Waals surface area contributed by atoms with E-state index in [2.05, 4.69) is 77.8 Å². The molecule has 21 heteroatoms. The molecular weight excluding hydrogens is 1380 g/mol. The maximum absolute atomic E-state index is 15.1. The number of aliphatic hydroxyl groups is 2. The monoisotopic (exact) mass is 1540 g/mol. The van der Waals surface area contributed by atoms with Crippen molar-refractivity contribution in [3.05, 3.63) is 0 Å². The topological polar surface area (TPSA) is 283 Å². The summed E-state index contributed by atoms with van der Waals surface area (Å²) in [5, 5.41) is 29.0. The summed E-state index contributed by atoms with van der Waals surface area (Å²) in [5.74, 6) is -3.70. The Balaban J connectivity index is 0.0000152. The third-order valence-corrected chi connectivity index (χ3v) is 21.7. The molecule has 1 fully saturated rings. The Morgan fingerprint density at radius 3 is 0.991 bits per heavy atom. The number of aliphatic hydroxyl groups excluding tert-OH is 2. The van der Waals surface area contributed by atoms with Crippen molar-refractivity contribution in [2.75, 3.05) is 32.8 Å². The molecule has 632 valence electrons. The number of nitrogens with one attached hydrogen (secondary N) is 2. The largest absolute Gasteiger partial charge is 0.470 e. The number of carbonyl (C=O) groups excluding carboxylic acids is 6. The molecule has 1 saturated heterocycles. The van der Waals surface area contributed by atoms with E-state index in [0.717, 1.165) is 218 Å². The summed E-state index contributed by atoms with van der Waals surface area (Å²) in [6.45, 7) is 21.8. The van der Waals surface area contributed by atoms with Crippen molar-refractivity contribution in [3.8, 4) is 0 Å². The number of phosphoric acid groups is 1. The number of phosphoric ester groups is 1. The summed E-state index contributed by atoms with van der Waals surface area (Å²) in [6.07, 6.45) is 38.3. The number of carbonyl (C=O) groups is 6. The molecule has 0 aliphatic carbocycles. The predicted octanol–water partition coefficient (Wildman–Crippen LogP) is 20.9. The average molecular weight is 1550 g/mol. The van der Waals surface area contributed by atoms with Crippen LogP contribution in [0.15, 0.2) is 0 Å². The fourth-order valence-corrected chi connectivity index (χ4v) is 14.9. The van der Waals surface area contributed by atoms with Gasteiger partial charge >= 0.3 is 31.7 Å². The number of unbranched alkanes of at least 4 members (excludes halogenated alkanes) is 42. The number of hydrogen-bond acceptors (Lipinski definition) is 16. The molecule has 6 N–H and O–H groups in total. The third-order valence-electron chi connectivity index (χ3n) is 21.1. The molecule has 0 aromatic rings. The normalized spacial score (nSPS) is 17.4. The first-order chi connectivity index (χ1) is 51.8. The molecular formula is C86H166N3O17P. The highest BCUT2D eigenvalue weighted by Gasteiger charge is 2.60. The first-order valence-electron chi connectivity index (χ1n) is 44.5. The van der Waals surface area contributed by atoms with Crippen LogP contribution < -0.4 is 10.6 Å². The van der Waals surface area contributed by atoms with Crippen molar-refractivity contribution in [2.45, 2.75) is 483 Å². The van der Waals surface area contributed by atoms with E-state index in [1.807, 2.05) is 0 Å². The quantitative estimate of drug-likeness (QED) is 0.0143. The van der Waals surface area contributed by atoms with Crippen LogP contribution in [0.4, 0.5) is 0 Å². The van der Waals surface area contributed by atoms with Crippen molar-refractivity contribution >= 4 is 43.5 Å². The van der Waals surface area contributed by atoms with E-state index in [1.165, 1.54) is 77.4 Å². The molecule has 1 aliphatic rings. The number of nitrogens with zero attached hydrogens (tertiary/aromatic N) is 1. The van der Waals surface area contributed by atoms with Crippen LogP contribution in [0, 0.1) is 0 Å². The van der Waals surface area contributed by atoms with Crippen LogP contribution in [0.3, 0.4) is 0 Å². The fraction of sp³-hybridized carbons (Fsp3) is 0.930. The van der Waals surface area contributed by atoms with E-state index < -0.39 is 112 Å². The van der Waals surface area contributed by atoms with E-state index >= 15 is 4.79 Å². The molecule has 107 heavy (non-hydrogen) atoms. The lowest BCUT2D eigenvalue weighted by Gasteiger charge is -2.51. The Morgan fingerprint density at radius 2 is 0.701 bits per heavy atom. The fourth-order valence-electron chi connectivity index (χ4n) is 14.4. The summed E-state index contributed by atoms with van der Waals surface area (Å²) in [5.41, 5.74) is -2.39. The number of rotatable bonds is 74. The first-order valence-corrected chi connectivity index (χ1v) is 46.1. The molecule has 0 aromatic heterocycles. The van der Waals surface area contributed by atoms with E-state index in [-0.39, 0.29) is 38.2 Å². The predicted molar refractivity (Wildman–Crippen MR) is 434 cm³/mol. The standard InChI is InChI=1S/C80H151N2O17P.C6H15N/c1-7-13-19-25-31-34-40-43-49-55-67(94-73(86)58-52-46-37-28-22-16-10-4)63-71(84)81-62-61-80(82-72(85)64-68(56-50-44-41-35-32-26-20-14-8-2)95-74(87)59-53-47-38-29-23-17-11-5)78(77(99-100(91,92)93)70(66-83)97-79(80)90)98-76(89)65-69(57-51-45-42-36-33-27-21-15-9-3)96-75(88)60-54-48-39-30-24-18-12-6;1-4-7(5-2)6-3/h67-70,77-79,83,90H,7-66H2,1-6H3,(H,81,84)(H,82,85)(H2,91,92,93);4-6H2,1-3H3/t67-,68-,69-,70-,77-,78+,79-,80-;/m1./s1. The second-order valence-corrected chi connectivity index (χ2v) is 32.1. The van der Waals surface area contributed by atoms with E-state index in [0.29, 0.717) is 51.4 Å². The summed E-state index contributed by atoms with van der Waals surface area (Å²) in [7, 11) is -5.59. The minimum Gasteiger partial charge on any atom is -0.462 e. The summed E-state index contributed by atoms with van der Waals surface area (Å²) >= 11 is 0. The van der Waals surface area contributed by atoms with Crippen molar-refractivity contribution in [1.82, 2.24) is 15.5 Å². The molecule has 0 spiro atoms. The summed E-state index contributed by atoms with van der Waals surface area (Å²) in [4.78, 5) is 108. The summed E-state index contributed by atoms with van der Waals surface area (Å²) in [6, 6.07) is 0. The van der Waals surface area contributed by atoms with Gasteiger partial charge < -0.3 is 59.2 Å². The van der Waals surface area contributed by atoms with Gasteiger partial charge in [-0.15, -0.1) is 0 Å². The van der Waals surface area contributed by atoms with Crippen LogP contribution in [-0.2, 0) is 61.5 Å². The lowest BCUT2D eigenvalue weighted by atomic mass is 9.79.